The maximum Gasteiger partial charge on any atom is 0.416 e. The Morgan fingerprint density at radius 3 is 2.82 bits per heavy atom. The van der Waals surface area contributed by atoms with Crippen molar-refractivity contribution in [2.45, 2.75) is 37.7 Å². The molecule has 3 nitrogen and oxygen atoms in total. The van der Waals surface area contributed by atoms with Gasteiger partial charge < -0.3 is 10.1 Å². The Morgan fingerprint density at radius 1 is 1.27 bits per heavy atom. The lowest BCUT2D eigenvalue weighted by molar-refractivity contribution is -0.137. The van der Waals surface area contributed by atoms with Crippen LogP contribution in [0, 0.1) is 0 Å². The van der Waals surface area contributed by atoms with Crippen molar-refractivity contribution in [1.29, 1.82) is 0 Å². The number of morpholine rings is 1. The molecule has 6 heteroatoms. The van der Waals surface area contributed by atoms with Crippen molar-refractivity contribution in [3.05, 3.63) is 35.4 Å². The highest BCUT2D eigenvalue weighted by Crippen LogP contribution is 2.30. The minimum atomic E-state index is -4.28. The number of hydrogen-bond acceptors (Lipinski definition) is 3. The van der Waals surface area contributed by atoms with Crippen LogP contribution in [0.5, 0.6) is 0 Å². The monoisotopic (exact) mass is 314 g/mol. The van der Waals surface area contributed by atoms with E-state index >= 15 is 0 Å². The third-order valence-corrected chi connectivity index (χ3v) is 4.19. The number of nitrogens with zero attached hydrogens (tertiary/aromatic N) is 1. The van der Waals surface area contributed by atoms with Gasteiger partial charge in [-0.1, -0.05) is 18.2 Å². The molecule has 1 saturated carbocycles. The minimum Gasteiger partial charge on any atom is -0.374 e. The number of hydrogen-bond donors (Lipinski definition) is 1. The van der Waals surface area contributed by atoms with Crippen LogP contribution in [0.4, 0.5) is 13.2 Å². The molecular weight excluding hydrogens is 293 g/mol. The maximum atomic E-state index is 12.7. The molecule has 0 spiro atoms. The Morgan fingerprint density at radius 2 is 2.09 bits per heavy atom. The quantitative estimate of drug-likeness (QED) is 0.904. The molecule has 1 aliphatic heterocycles. The molecule has 22 heavy (non-hydrogen) atoms. The molecule has 122 valence electrons. The van der Waals surface area contributed by atoms with Crippen LogP contribution in [0.3, 0.4) is 0 Å². The van der Waals surface area contributed by atoms with Gasteiger partial charge in [-0.2, -0.15) is 13.2 Å². The van der Waals surface area contributed by atoms with Crippen LogP contribution in [-0.4, -0.2) is 43.3 Å². The zero-order chi connectivity index (χ0) is 15.6. The van der Waals surface area contributed by atoms with Gasteiger partial charge in [-0.3, -0.25) is 4.90 Å². The molecule has 1 atom stereocenters. The topological polar surface area (TPSA) is 24.5 Å². The lowest BCUT2D eigenvalue weighted by Gasteiger charge is -2.33. The van der Waals surface area contributed by atoms with Gasteiger partial charge >= 0.3 is 6.18 Å². The van der Waals surface area contributed by atoms with Crippen LogP contribution in [0.25, 0.3) is 0 Å². The second-order valence-corrected chi connectivity index (χ2v) is 6.05. The molecule has 1 aromatic rings. The van der Waals surface area contributed by atoms with Gasteiger partial charge in [0.25, 0.3) is 0 Å². The van der Waals surface area contributed by atoms with Gasteiger partial charge in [0, 0.05) is 32.2 Å². The van der Waals surface area contributed by atoms with E-state index < -0.39 is 11.7 Å². The first-order valence-corrected chi connectivity index (χ1v) is 7.75. The molecule has 2 aliphatic rings. The number of nitrogens with one attached hydrogen (secondary N) is 1. The number of rotatable bonds is 5. The maximum absolute atomic E-state index is 12.7. The van der Waals surface area contributed by atoms with E-state index in [0.29, 0.717) is 18.7 Å². The predicted molar refractivity (Wildman–Crippen MR) is 77.5 cm³/mol. The summed E-state index contributed by atoms with van der Waals surface area (Å²) in [7, 11) is 0. The zero-order valence-corrected chi connectivity index (χ0v) is 12.4. The van der Waals surface area contributed by atoms with Crippen molar-refractivity contribution >= 4 is 0 Å². The van der Waals surface area contributed by atoms with Gasteiger partial charge in [0.05, 0.1) is 18.3 Å². The van der Waals surface area contributed by atoms with Gasteiger partial charge in [-0.25, -0.2) is 0 Å². The normalized spacial score (nSPS) is 23.7. The van der Waals surface area contributed by atoms with Crippen LogP contribution in [-0.2, 0) is 17.5 Å². The van der Waals surface area contributed by atoms with E-state index in [1.54, 1.807) is 6.07 Å². The summed E-state index contributed by atoms with van der Waals surface area (Å²) < 4.78 is 43.7. The summed E-state index contributed by atoms with van der Waals surface area (Å²) in [6, 6.07) is 6.19. The van der Waals surface area contributed by atoms with Crippen molar-refractivity contribution < 1.29 is 17.9 Å². The Balaban J connectivity index is 1.46. The average molecular weight is 314 g/mol. The lowest BCUT2D eigenvalue weighted by atomic mass is 10.1. The molecule has 2 fully saturated rings. The molecule has 0 aromatic heterocycles. The van der Waals surface area contributed by atoms with E-state index in [-0.39, 0.29) is 6.10 Å². The number of alkyl halides is 3. The Hall–Kier alpha value is -1.11. The first kappa shape index (κ1) is 15.8. The molecule has 1 saturated heterocycles. The van der Waals surface area contributed by atoms with E-state index in [0.717, 1.165) is 31.8 Å². The van der Waals surface area contributed by atoms with Gasteiger partial charge in [-0.05, 0) is 24.5 Å². The number of ether oxygens (including phenoxy) is 1. The molecule has 1 aliphatic carbocycles. The minimum absolute atomic E-state index is 0.125. The number of benzene rings is 1. The third-order valence-electron chi connectivity index (χ3n) is 4.19. The zero-order valence-electron chi connectivity index (χ0n) is 12.4. The van der Waals surface area contributed by atoms with Crippen LogP contribution in [0.2, 0.25) is 0 Å². The molecule has 0 bridgehead atoms. The first-order chi connectivity index (χ1) is 10.5. The fourth-order valence-electron chi connectivity index (χ4n) is 2.87. The summed E-state index contributed by atoms with van der Waals surface area (Å²) in [6.45, 7) is 3.74. The van der Waals surface area contributed by atoms with Gasteiger partial charge in [0.2, 0.25) is 0 Å². The molecule has 1 N–H and O–H groups in total. The highest BCUT2D eigenvalue weighted by molar-refractivity contribution is 5.25. The third kappa shape index (κ3) is 4.21. The highest BCUT2D eigenvalue weighted by atomic mass is 19.4. The first-order valence-electron chi connectivity index (χ1n) is 7.75. The van der Waals surface area contributed by atoms with Crippen molar-refractivity contribution in [1.82, 2.24) is 10.2 Å². The summed E-state index contributed by atoms with van der Waals surface area (Å²) in [5.41, 5.74) is 0.0466. The Bertz CT molecular complexity index is 502. The van der Waals surface area contributed by atoms with Crippen molar-refractivity contribution in [2.75, 3.05) is 26.2 Å². The van der Waals surface area contributed by atoms with Crippen LogP contribution < -0.4 is 5.32 Å². The van der Waals surface area contributed by atoms with Gasteiger partial charge in [0.1, 0.15) is 0 Å². The molecule has 1 unspecified atom stereocenters. The van der Waals surface area contributed by atoms with E-state index in [2.05, 4.69) is 10.2 Å². The Labute approximate surface area is 128 Å². The van der Waals surface area contributed by atoms with Crippen molar-refractivity contribution in [3.63, 3.8) is 0 Å². The molecule has 1 heterocycles. The lowest BCUT2D eigenvalue weighted by Crippen LogP contribution is -2.47. The highest BCUT2D eigenvalue weighted by Gasteiger charge is 2.33. The van der Waals surface area contributed by atoms with Crippen LogP contribution in [0.15, 0.2) is 24.3 Å². The SMILES string of the molecule is FC(F)(F)c1cccc(CNCC2CN(C3CC3)CCO2)c1. The largest absolute Gasteiger partial charge is 0.416 e. The fraction of sp³-hybridized carbons (Fsp3) is 0.625. The second-order valence-electron chi connectivity index (χ2n) is 6.05. The van der Waals surface area contributed by atoms with E-state index in [9.17, 15) is 13.2 Å². The molecule has 1 aromatic carbocycles. The molecule has 3 rings (SSSR count). The average Bonchev–Trinajstić information content (AvgIpc) is 3.32. The van der Waals surface area contributed by atoms with E-state index in [4.69, 9.17) is 4.74 Å². The van der Waals surface area contributed by atoms with Gasteiger partial charge in [0.15, 0.2) is 0 Å². The van der Waals surface area contributed by atoms with Crippen molar-refractivity contribution in [3.8, 4) is 0 Å². The summed E-state index contributed by atoms with van der Waals surface area (Å²) in [4.78, 5) is 2.46. The predicted octanol–water partition coefficient (Wildman–Crippen LogP) is 2.66. The second kappa shape index (κ2) is 6.56. The van der Waals surface area contributed by atoms with Gasteiger partial charge in [-0.15, -0.1) is 0 Å². The molecule has 0 amide bonds. The standard InChI is InChI=1S/C16H21F3N2O/c17-16(18,19)13-3-1-2-12(8-13)9-20-10-15-11-21(6-7-22-15)14-4-5-14/h1-3,8,14-15,20H,4-7,9-11H2. The fourth-order valence-corrected chi connectivity index (χ4v) is 2.87. The smallest absolute Gasteiger partial charge is 0.374 e. The van der Waals surface area contributed by atoms with Crippen LogP contribution in [0.1, 0.15) is 24.0 Å². The number of halogens is 3. The van der Waals surface area contributed by atoms with Crippen molar-refractivity contribution in [2.24, 2.45) is 0 Å². The van der Waals surface area contributed by atoms with Crippen LogP contribution >= 0.6 is 0 Å². The van der Waals surface area contributed by atoms with E-state index in [1.165, 1.54) is 25.0 Å². The summed E-state index contributed by atoms with van der Waals surface area (Å²) in [6.07, 6.45) is -1.60. The Kier molecular flexibility index (Phi) is 4.70. The summed E-state index contributed by atoms with van der Waals surface area (Å²) in [5.74, 6) is 0. The molecule has 0 radical (unpaired) electrons. The molecular formula is C16H21F3N2O. The summed E-state index contributed by atoms with van der Waals surface area (Å²) in [5, 5.41) is 3.21. The summed E-state index contributed by atoms with van der Waals surface area (Å²) >= 11 is 0. The van der Waals surface area contributed by atoms with E-state index in [1.807, 2.05) is 0 Å².